The van der Waals surface area contributed by atoms with E-state index in [9.17, 15) is 4.79 Å². The Kier molecular flexibility index (Phi) is 5.81. The van der Waals surface area contributed by atoms with E-state index in [2.05, 4.69) is 26.1 Å². The van der Waals surface area contributed by atoms with Gasteiger partial charge in [0, 0.05) is 13.1 Å². The van der Waals surface area contributed by atoms with Gasteiger partial charge in [-0.25, -0.2) is 0 Å². The van der Waals surface area contributed by atoms with Gasteiger partial charge in [0.25, 0.3) is 0 Å². The van der Waals surface area contributed by atoms with Crippen molar-refractivity contribution in [1.29, 1.82) is 0 Å². The highest BCUT2D eigenvalue weighted by molar-refractivity contribution is 5.82. The molecule has 2 atom stereocenters. The molecular formula is C13H26N2O. The fourth-order valence-corrected chi connectivity index (χ4v) is 2.16. The minimum absolute atomic E-state index is 0.0813. The van der Waals surface area contributed by atoms with Crippen molar-refractivity contribution in [1.82, 2.24) is 10.2 Å². The van der Waals surface area contributed by atoms with Crippen LogP contribution in [0.2, 0.25) is 0 Å². The SMILES string of the molecule is CCC(C)CN(CC)C(=O)C1CCCCN1. The monoisotopic (exact) mass is 226 g/mol. The van der Waals surface area contributed by atoms with E-state index >= 15 is 0 Å². The van der Waals surface area contributed by atoms with Crippen LogP contribution in [0.1, 0.15) is 46.5 Å². The maximum absolute atomic E-state index is 12.2. The van der Waals surface area contributed by atoms with E-state index in [1.165, 1.54) is 12.8 Å². The minimum atomic E-state index is 0.0813. The van der Waals surface area contributed by atoms with Crippen LogP contribution in [0.4, 0.5) is 0 Å². The molecule has 0 radical (unpaired) electrons. The van der Waals surface area contributed by atoms with Gasteiger partial charge in [-0.1, -0.05) is 26.7 Å². The van der Waals surface area contributed by atoms with Crippen molar-refractivity contribution in [3.63, 3.8) is 0 Å². The highest BCUT2D eigenvalue weighted by Crippen LogP contribution is 2.12. The number of carbonyl (C=O) groups is 1. The van der Waals surface area contributed by atoms with Crippen molar-refractivity contribution in [2.75, 3.05) is 19.6 Å². The number of likely N-dealkylation sites (N-methyl/N-ethyl adjacent to an activating group) is 1. The van der Waals surface area contributed by atoms with Crippen LogP contribution in [0.5, 0.6) is 0 Å². The first-order chi connectivity index (χ1) is 7.69. The van der Waals surface area contributed by atoms with Crippen molar-refractivity contribution in [2.24, 2.45) is 5.92 Å². The third kappa shape index (κ3) is 3.78. The van der Waals surface area contributed by atoms with Crippen molar-refractivity contribution in [2.45, 2.75) is 52.5 Å². The van der Waals surface area contributed by atoms with Gasteiger partial charge in [-0.05, 0) is 32.2 Å². The number of amides is 1. The Bertz CT molecular complexity index is 212. The van der Waals surface area contributed by atoms with Gasteiger partial charge in [0.2, 0.25) is 5.91 Å². The largest absolute Gasteiger partial charge is 0.341 e. The summed E-state index contributed by atoms with van der Waals surface area (Å²) in [5.74, 6) is 0.912. The van der Waals surface area contributed by atoms with Crippen LogP contribution in [0.15, 0.2) is 0 Å². The van der Waals surface area contributed by atoms with E-state index < -0.39 is 0 Å². The zero-order chi connectivity index (χ0) is 12.0. The molecule has 0 bridgehead atoms. The molecule has 1 saturated heterocycles. The summed E-state index contributed by atoms with van der Waals surface area (Å²) in [4.78, 5) is 14.3. The lowest BCUT2D eigenvalue weighted by molar-refractivity contribution is -0.134. The Morgan fingerprint density at radius 1 is 1.44 bits per heavy atom. The van der Waals surface area contributed by atoms with Crippen LogP contribution >= 0.6 is 0 Å². The third-order valence-corrected chi connectivity index (χ3v) is 3.53. The molecule has 1 amide bonds. The van der Waals surface area contributed by atoms with Crippen molar-refractivity contribution < 1.29 is 4.79 Å². The van der Waals surface area contributed by atoms with Crippen LogP contribution in [0.25, 0.3) is 0 Å². The van der Waals surface area contributed by atoms with Gasteiger partial charge in [-0.3, -0.25) is 4.79 Å². The predicted octanol–water partition coefficient (Wildman–Crippen LogP) is 2.02. The molecule has 0 spiro atoms. The zero-order valence-corrected chi connectivity index (χ0v) is 11.0. The number of piperidine rings is 1. The highest BCUT2D eigenvalue weighted by Gasteiger charge is 2.25. The second-order valence-corrected chi connectivity index (χ2v) is 4.89. The summed E-state index contributed by atoms with van der Waals surface area (Å²) in [6, 6.07) is 0.0813. The Labute approximate surface area is 99.6 Å². The molecule has 0 aromatic heterocycles. The van der Waals surface area contributed by atoms with E-state index in [0.29, 0.717) is 11.8 Å². The average Bonchev–Trinajstić information content (AvgIpc) is 2.35. The number of nitrogens with one attached hydrogen (secondary N) is 1. The van der Waals surface area contributed by atoms with Crippen molar-refractivity contribution in [3.05, 3.63) is 0 Å². The van der Waals surface area contributed by atoms with Crippen LogP contribution in [-0.2, 0) is 4.79 Å². The molecule has 1 fully saturated rings. The van der Waals surface area contributed by atoms with Gasteiger partial charge < -0.3 is 10.2 Å². The summed E-state index contributed by atoms with van der Waals surface area (Å²) in [5.41, 5.74) is 0. The molecule has 1 aliphatic rings. The first-order valence-electron chi connectivity index (χ1n) is 6.71. The molecule has 1 heterocycles. The van der Waals surface area contributed by atoms with Gasteiger partial charge in [0.1, 0.15) is 0 Å². The lowest BCUT2D eigenvalue weighted by Gasteiger charge is -2.30. The van der Waals surface area contributed by atoms with E-state index in [0.717, 1.165) is 32.5 Å². The molecule has 3 heteroatoms. The Morgan fingerprint density at radius 2 is 2.19 bits per heavy atom. The molecule has 0 aliphatic carbocycles. The topological polar surface area (TPSA) is 32.3 Å². The molecule has 1 aliphatic heterocycles. The normalized spacial score (nSPS) is 22.8. The molecule has 1 N–H and O–H groups in total. The van der Waals surface area contributed by atoms with Gasteiger partial charge in [0.15, 0.2) is 0 Å². The molecule has 0 aromatic rings. The smallest absolute Gasteiger partial charge is 0.239 e. The second kappa shape index (κ2) is 6.89. The predicted molar refractivity (Wildman–Crippen MR) is 67.4 cm³/mol. The molecule has 1 rings (SSSR count). The summed E-state index contributed by atoms with van der Waals surface area (Å²) in [7, 11) is 0. The number of hydrogen-bond donors (Lipinski definition) is 1. The Balaban J connectivity index is 2.47. The minimum Gasteiger partial charge on any atom is -0.341 e. The molecule has 2 unspecified atom stereocenters. The van der Waals surface area contributed by atoms with E-state index in [1.54, 1.807) is 0 Å². The molecule has 16 heavy (non-hydrogen) atoms. The molecule has 3 nitrogen and oxygen atoms in total. The summed E-state index contributed by atoms with van der Waals surface area (Å²) in [6.07, 6.45) is 4.54. The van der Waals surface area contributed by atoms with Crippen LogP contribution < -0.4 is 5.32 Å². The second-order valence-electron chi connectivity index (χ2n) is 4.89. The van der Waals surface area contributed by atoms with Crippen LogP contribution in [-0.4, -0.2) is 36.5 Å². The number of hydrogen-bond acceptors (Lipinski definition) is 2. The number of rotatable bonds is 5. The number of carbonyl (C=O) groups excluding carboxylic acids is 1. The van der Waals surface area contributed by atoms with Gasteiger partial charge in [0.05, 0.1) is 6.04 Å². The highest BCUT2D eigenvalue weighted by atomic mass is 16.2. The standard InChI is InChI=1S/C13H26N2O/c1-4-11(3)10-15(5-2)13(16)12-8-6-7-9-14-12/h11-12,14H,4-10H2,1-3H3. The van der Waals surface area contributed by atoms with Gasteiger partial charge in [-0.15, -0.1) is 0 Å². The fraction of sp³-hybridized carbons (Fsp3) is 0.923. The molecule has 0 saturated carbocycles. The Hall–Kier alpha value is -0.570. The summed E-state index contributed by atoms with van der Waals surface area (Å²) in [5, 5.41) is 3.33. The summed E-state index contributed by atoms with van der Waals surface area (Å²) < 4.78 is 0. The first kappa shape index (κ1) is 13.5. The van der Waals surface area contributed by atoms with Crippen LogP contribution in [0, 0.1) is 5.92 Å². The maximum atomic E-state index is 12.2. The fourth-order valence-electron chi connectivity index (χ4n) is 2.16. The molecular weight excluding hydrogens is 200 g/mol. The van der Waals surface area contributed by atoms with Crippen LogP contribution in [0.3, 0.4) is 0 Å². The quantitative estimate of drug-likeness (QED) is 0.778. The van der Waals surface area contributed by atoms with Crippen molar-refractivity contribution in [3.8, 4) is 0 Å². The number of nitrogens with zero attached hydrogens (tertiary/aromatic N) is 1. The van der Waals surface area contributed by atoms with E-state index in [4.69, 9.17) is 0 Å². The van der Waals surface area contributed by atoms with E-state index in [-0.39, 0.29) is 6.04 Å². The van der Waals surface area contributed by atoms with Gasteiger partial charge >= 0.3 is 0 Å². The van der Waals surface area contributed by atoms with E-state index in [1.807, 2.05) is 4.90 Å². The maximum Gasteiger partial charge on any atom is 0.239 e. The summed E-state index contributed by atoms with van der Waals surface area (Å²) in [6.45, 7) is 9.21. The molecule has 94 valence electrons. The average molecular weight is 226 g/mol. The van der Waals surface area contributed by atoms with Crippen molar-refractivity contribution >= 4 is 5.91 Å². The zero-order valence-electron chi connectivity index (χ0n) is 11.0. The van der Waals surface area contributed by atoms with Gasteiger partial charge in [-0.2, -0.15) is 0 Å². The first-order valence-corrected chi connectivity index (χ1v) is 6.71. The third-order valence-electron chi connectivity index (χ3n) is 3.53. The summed E-state index contributed by atoms with van der Waals surface area (Å²) >= 11 is 0. The molecule has 0 aromatic carbocycles. The lowest BCUT2D eigenvalue weighted by atomic mass is 10.0. The lowest BCUT2D eigenvalue weighted by Crippen LogP contribution is -2.49. The Morgan fingerprint density at radius 3 is 2.69 bits per heavy atom.